The highest BCUT2D eigenvalue weighted by Crippen LogP contribution is 2.24. The predicted molar refractivity (Wildman–Crippen MR) is 123 cm³/mol. The predicted octanol–water partition coefficient (Wildman–Crippen LogP) is 4.89. The highest BCUT2D eigenvalue weighted by Gasteiger charge is 2.30. The molecular formula is C25H31ClN2O3. The van der Waals surface area contributed by atoms with Gasteiger partial charge in [0.15, 0.2) is 6.61 Å². The van der Waals surface area contributed by atoms with E-state index in [4.69, 9.17) is 16.3 Å². The number of ether oxygens (including phenoxy) is 1. The summed E-state index contributed by atoms with van der Waals surface area (Å²) in [5.74, 6) is 0.123. The van der Waals surface area contributed by atoms with E-state index in [1.54, 1.807) is 29.2 Å². The van der Waals surface area contributed by atoms with Crippen LogP contribution in [0.25, 0.3) is 0 Å². The summed E-state index contributed by atoms with van der Waals surface area (Å²) in [6.45, 7) is 4.13. The minimum absolute atomic E-state index is 0.0902. The fourth-order valence-corrected chi connectivity index (χ4v) is 4.15. The summed E-state index contributed by atoms with van der Waals surface area (Å²) in [5, 5.41) is 3.60. The van der Waals surface area contributed by atoms with Crippen LogP contribution in [0.1, 0.15) is 50.2 Å². The number of hydrogen-bond acceptors (Lipinski definition) is 3. The summed E-state index contributed by atoms with van der Waals surface area (Å²) in [7, 11) is 0. The lowest BCUT2D eigenvalue weighted by atomic mass is 10.1. The number of carbonyl (C=O) groups is 2. The zero-order valence-electron chi connectivity index (χ0n) is 18.3. The normalized spacial score (nSPS) is 14.8. The first-order chi connectivity index (χ1) is 15.0. The third-order valence-corrected chi connectivity index (χ3v) is 6.06. The molecule has 6 heteroatoms. The Morgan fingerprint density at radius 3 is 2.45 bits per heavy atom. The lowest BCUT2D eigenvalue weighted by Gasteiger charge is -2.31. The van der Waals surface area contributed by atoms with E-state index in [1.807, 2.05) is 38.1 Å². The van der Waals surface area contributed by atoms with Gasteiger partial charge >= 0.3 is 0 Å². The Morgan fingerprint density at radius 1 is 1.13 bits per heavy atom. The maximum Gasteiger partial charge on any atom is 0.261 e. The van der Waals surface area contributed by atoms with Crippen molar-refractivity contribution in [2.75, 3.05) is 6.61 Å². The Bertz CT molecular complexity index is 879. The zero-order valence-corrected chi connectivity index (χ0v) is 19.0. The number of aryl methyl sites for hydroxylation is 1. The smallest absolute Gasteiger partial charge is 0.261 e. The van der Waals surface area contributed by atoms with Crippen molar-refractivity contribution in [1.29, 1.82) is 0 Å². The van der Waals surface area contributed by atoms with Gasteiger partial charge in [-0.15, -0.1) is 0 Å². The number of nitrogens with one attached hydrogen (secondary N) is 1. The van der Waals surface area contributed by atoms with E-state index in [2.05, 4.69) is 5.32 Å². The molecular weight excluding hydrogens is 412 g/mol. The third-order valence-electron chi connectivity index (χ3n) is 5.75. The van der Waals surface area contributed by atoms with Crippen LogP contribution in [-0.4, -0.2) is 35.4 Å². The number of benzene rings is 2. The second kappa shape index (κ2) is 11.2. The molecule has 1 unspecified atom stereocenters. The number of rotatable bonds is 9. The van der Waals surface area contributed by atoms with Crippen LogP contribution in [0.15, 0.2) is 48.5 Å². The largest absolute Gasteiger partial charge is 0.482 e. The first-order valence-electron chi connectivity index (χ1n) is 11.0. The van der Waals surface area contributed by atoms with Crippen molar-refractivity contribution in [3.63, 3.8) is 0 Å². The van der Waals surface area contributed by atoms with Gasteiger partial charge in [-0.2, -0.15) is 0 Å². The van der Waals surface area contributed by atoms with Crippen molar-refractivity contribution < 1.29 is 14.3 Å². The van der Waals surface area contributed by atoms with Crippen molar-refractivity contribution in [3.8, 4) is 5.75 Å². The van der Waals surface area contributed by atoms with Crippen molar-refractivity contribution in [1.82, 2.24) is 10.2 Å². The van der Waals surface area contributed by atoms with E-state index in [0.29, 0.717) is 23.7 Å². The first kappa shape index (κ1) is 23.1. The SMILES string of the molecule is CCC(C(=O)NC1CCCC1)N(Cc1ccc(C)cc1)C(=O)COc1ccccc1Cl. The number of amides is 2. The van der Waals surface area contributed by atoms with Gasteiger partial charge in [-0.25, -0.2) is 0 Å². The lowest BCUT2D eigenvalue weighted by molar-refractivity contribution is -0.143. The van der Waals surface area contributed by atoms with E-state index in [1.165, 1.54) is 0 Å². The molecule has 0 bridgehead atoms. The minimum Gasteiger partial charge on any atom is -0.482 e. The molecule has 2 aromatic rings. The van der Waals surface area contributed by atoms with Gasteiger partial charge in [0.2, 0.25) is 5.91 Å². The zero-order chi connectivity index (χ0) is 22.2. The molecule has 0 heterocycles. The fourth-order valence-electron chi connectivity index (χ4n) is 3.96. The average molecular weight is 443 g/mol. The van der Waals surface area contributed by atoms with Crippen LogP contribution in [0.5, 0.6) is 5.75 Å². The van der Waals surface area contributed by atoms with E-state index in [9.17, 15) is 9.59 Å². The number of nitrogens with zero attached hydrogens (tertiary/aromatic N) is 1. The van der Waals surface area contributed by atoms with Gasteiger partial charge in [0, 0.05) is 12.6 Å². The van der Waals surface area contributed by atoms with Crippen molar-refractivity contribution in [3.05, 3.63) is 64.7 Å². The van der Waals surface area contributed by atoms with Crippen LogP contribution < -0.4 is 10.1 Å². The quantitative estimate of drug-likeness (QED) is 0.601. The van der Waals surface area contributed by atoms with Crippen molar-refractivity contribution >= 4 is 23.4 Å². The molecule has 1 N–H and O–H groups in total. The molecule has 5 nitrogen and oxygen atoms in total. The second-order valence-corrected chi connectivity index (χ2v) is 8.55. The highest BCUT2D eigenvalue weighted by atomic mass is 35.5. The van der Waals surface area contributed by atoms with Crippen LogP contribution in [0.3, 0.4) is 0 Å². The van der Waals surface area contributed by atoms with Gasteiger partial charge in [0.1, 0.15) is 11.8 Å². The first-order valence-corrected chi connectivity index (χ1v) is 11.4. The molecule has 0 radical (unpaired) electrons. The summed E-state index contributed by atoms with van der Waals surface area (Å²) < 4.78 is 5.69. The maximum absolute atomic E-state index is 13.2. The molecule has 0 aliphatic heterocycles. The molecule has 31 heavy (non-hydrogen) atoms. The summed E-state index contributed by atoms with van der Waals surface area (Å²) in [6, 6.07) is 14.7. The van der Waals surface area contributed by atoms with E-state index in [0.717, 1.165) is 36.8 Å². The number of halogens is 1. The summed E-state index contributed by atoms with van der Waals surface area (Å²) in [5.41, 5.74) is 2.12. The Kier molecular flexibility index (Phi) is 8.35. The van der Waals surface area contributed by atoms with E-state index >= 15 is 0 Å². The number of hydrogen-bond donors (Lipinski definition) is 1. The van der Waals surface area contributed by atoms with E-state index < -0.39 is 6.04 Å². The van der Waals surface area contributed by atoms with Crippen LogP contribution in [0.2, 0.25) is 5.02 Å². The van der Waals surface area contributed by atoms with Gasteiger partial charge in [-0.3, -0.25) is 9.59 Å². The van der Waals surface area contributed by atoms with Gasteiger partial charge < -0.3 is 15.0 Å². The molecule has 1 saturated carbocycles. The number of para-hydroxylation sites is 1. The minimum atomic E-state index is -0.552. The molecule has 3 rings (SSSR count). The Hall–Kier alpha value is -2.53. The summed E-state index contributed by atoms with van der Waals surface area (Å²) in [6.07, 6.45) is 4.81. The summed E-state index contributed by atoms with van der Waals surface area (Å²) >= 11 is 6.15. The van der Waals surface area contributed by atoms with Crippen LogP contribution in [0.4, 0.5) is 0 Å². The van der Waals surface area contributed by atoms with Crippen molar-refractivity contribution in [2.45, 2.75) is 64.6 Å². The monoisotopic (exact) mass is 442 g/mol. The summed E-state index contributed by atoms with van der Waals surface area (Å²) in [4.78, 5) is 27.9. The Balaban J connectivity index is 1.76. The lowest BCUT2D eigenvalue weighted by Crippen LogP contribution is -2.52. The van der Waals surface area contributed by atoms with Gasteiger partial charge in [-0.1, -0.05) is 73.3 Å². The van der Waals surface area contributed by atoms with Crippen molar-refractivity contribution in [2.24, 2.45) is 0 Å². The van der Waals surface area contributed by atoms with E-state index in [-0.39, 0.29) is 24.5 Å². The standard InChI is InChI=1S/C25H31ClN2O3/c1-3-22(25(30)27-20-8-4-5-9-20)28(16-19-14-12-18(2)13-15-19)24(29)17-31-23-11-7-6-10-21(23)26/h6-7,10-15,20,22H,3-5,8-9,16-17H2,1-2H3,(H,27,30). The van der Waals surface area contributed by atoms with Crippen LogP contribution >= 0.6 is 11.6 Å². The molecule has 1 aliphatic rings. The molecule has 166 valence electrons. The van der Waals surface area contributed by atoms with Gasteiger partial charge in [0.25, 0.3) is 5.91 Å². The molecule has 1 fully saturated rings. The fraction of sp³-hybridized carbons (Fsp3) is 0.440. The highest BCUT2D eigenvalue weighted by molar-refractivity contribution is 6.32. The van der Waals surface area contributed by atoms with Gasteiger partial charge in [0.05, 0.1) is 5.02 Å². The second-order valence-electron chi connectivity index (χ2n) is 8.14. The molecule has 2 aromatic carbocycles. The average Bonchev–Trinajstić information content (AvgIpc) is 3.27. The molecule has 0 spiro atoms. The third kappa shape index (κ3) is 6.47. The topological polar surface area (TPSA) is 58.6 Å². The molecule has 1 atom stereocenters. The number of carbonyl (C=O) groups excluding carboxylic acids is 2. The van der Waals surface area contributed by atoms with Gasteiger partial charge in [-0.05, 0) is 43.9 Å². The van der Waals surface area contributed by atoms with Crippen LogP contribution in [0, 0.1) is 6.92 Å². The molecule has 0 aromatic heterocycles. The molecule has 2 amide bonds. The Labute approximate surface area is 189 Å². The Morgan fingerprint density at radius 2 is 1.81 bits per heavy atom. The maximum atomic E-state index is 13.2. The molecule has 0 saturated heterocycles. The molecule has 1 aliphatic carbocycles. The van der Waals surface area contributed by atoms with Crippen LogP contribution in [-0.2, 0) is 16.1 Å².